The van der Waals surface area contributed by atoms with Crippen molar-refractivity contribution < 1.29 is 19.4 Å². The number of aromatic amines is 2. The van der Waals surface area contributed by atoms with Crippen molar-refractivity contribution in [1.29, 1.82) is 0 Å². The molecule has 138 valence electrons. The fourth-order valence-electron chi connectivity index (χ4n) is 2.01. The summed E-state index contributed by atoms with van der Waals surface area (Å²) in [5.74, 6) is -0.802. The van der Waals surface area contributed by atoms with Crippen LogP contribution in [0.1, 0.15) is 33.0 Å². The number of fused-ring (bicyclic) bond motifs is 1. The van der Waals surface area contributed by atoms with Gasteiger partial charge in [-0.2, -0.15) is 4.98 Å². The third kappa shape index (κ3) is 3.78. The lowest BCUT2D eigenvalue weighted by Crippen LogP contribution is -2.65. The van der Waals surface area contributed by atoms with Crippen LogP contribution < -0.4 is 17.0 Å². The molecule has 2 aromatic heterocycles. The number of nitrogen functional groups attached to an aromatic ring is 1. The van der Waals surface area contributed by atoms with Crippen LogP contribution in [-0.2, 0) is 20.9 Å². The molecule has 1 atom stereocenters. The minimum Gasteiger partial charge on any atom is -0.462 e. The van der Waals surface area contributed by atoms with Crippen molar-refractivity contribution >= 4 is 23.1 Å². The lowest BCUT2D eigenvalue weighted by molar-refractivity contribution is -0.208. The predicted molar refractivity (Wildman–Crippen MR) is 88.2 cm³/mol. The van der Waals surface area contributed by atoms with Crippen LogP contribution in [0, 0.1) is 0 Å². The van der Waals surface area contributed by atoms with Gasteiger partial charge in [-0.3, -0.25) is 15.5 Å². The minimum atomic E-state index is -2.12. The Labute approximate surface area is 142 Å². The number of carbonyl (C=O) groups is 1. The van der Waals surface area contributed by atoms with Gasteiger partial charge in [0.15, 0.2) is 11.2 Å². The van der Waals surface area contributed by atoms with Gasteiger partial charge in [-0.15, -0.1) is 0 Å². The highest BCUT2D eigenvalue weighted by Gasteiger charge is 2.50. The van der Waals surface area contributed by atoms with E-state index in [1.54, 1.807) is 0 Å². The number of aliphatic hydroxyl groups is 1. The summed E-state index contributed by atoms with van der Waals surface area (Å²) in [5.41, 5.74) is 7.27. The second-order valence-corrected chi connectivity index (χ2v) is 6.05. The van der Waals surface area contributed by atoms with E-state index in [1.165, 1.54) is 13.8 Å². The highest BCUT2D eigenvalue weighted by molar-refractivity contribution is 5.80. The van der Waals surface area contributed by atoms with Crippen LogP contribution in [0.4, 0.5) is 5.95 Å². The van der Waals surface area contributed by atoms with Crippen molar-refractivity contribution in [3.8, 4) is 0 Å². The first-order valence-electron chi connectivity index (χ1n) is 7.65. The van der Waals surface area contributed by atoms with Crippen molar-refractivity contribution in [3.05, 3.63) is 16.2 Å². The molecule has 0 bridgehead atoms. The van der Waals surface area contributed by atoms with E-state index in [2.05, 4.69) is 19.9 Å². The van der Waals surface area contributed by atoms with E-state index in [4.69, 9.17) is 20.9 Å². The molecule has 11 heteroatoms. The smallest absolute Gasteiger partial charge is 0.356 e. The van der Waals surface area contributed by atoms with Crippen molar-refractivity contribution in [2.45, 2.75) is 45.1 Å². The zero-order valence-corrected chi connectivity index (χ0v) is 14.3. The first-order chi connectivity index (χ1) is 11.6. The molecule has 7 N–H and O–H groups in total. The van der Waals surface area contributed by atoms with Gasteiger partial charge in [-0.05, 0) is 20.3 Å². The highest BCUT2D eigenvalue weighted by atomic mass is 16.6. The zero-order valence-electron chi connectivity index (χ0n) is 14.3. The number of anilines is 1. The number of carbonyl (C=O) groups excluding carboxylic acids is 1. The van der Waals surface area contributed by atoms with Crippen LogP contribution in [0.25, 0.3) is 11.2 Å². The summed E-state index contributed by atoms with van der Waals surface area (Å²) in [6, 6.07) is 0. The van der Waals surface area contributed by atoms with Gasteiger partial charge >= 0.3 is 5.97 Å². The molecule has 0 spiro atoms. The Morgan fingerprint density at radius 2 is 2.00 bits per heavy atom. The number of nitrogens with one attached hydrogen (secondary N) is 2. The van der Waals surface area contributed by atoms with E-state index in [0.717, 1.165) is 0 Å². The summed E-state index contributed by atoms with van der Waals surface area (Å²) in [7, 11) is 0. The van der Waals surface area contributed by atoms with E-state index in [-0.39, 0.29) is 36.2 Å². The molecular formula is C14H22N6O5. The summed E-state index contributed by atoms with van der Waals surface area (Å²) in [6.45, 7) is 4.32. The largest absolute Gasteiger partial charge is 0.462 e. The maximum Gasteiger partial charge on any atom is 0.356 e. The quantitative estimate of drug-likeness (QED) is 0.311. The molecule has 0 amide bonds. The lowest BCUT2D eigenvalue weighted by atomic mass is 9.95. The summed E-state index contributed by atoms with van der Waals surface area (Å²) in [6.07, 6.45) is 0.590. The summed E-state index contributed by atoms with van der Waals surface area (Å²) < 4.78 is 10.4. The summed E-state index contributed by atoms with van der Waals surface area (Å²) >= 11 is 0. The monoisotopic (exact) mass is 354 g/mol. The fraction of sp³-hybridized carbons (Fsp3) is 0.571. The number of aromatic nitrogens is 4. The van der Waals surface area contributed by atoms with Gasteiger partial charge in [0.25, 0.3) is 5.56 Å². The highest BCUT2D eigenvalue weighted by Crippen LogP contribution is 2.24. The van der Waals surface area contributed by atoms with Gasteiger partial charge in [-0.1, -0.05) is 6.92 Å². The normalized spacial score (nSPS) is 14.4. The molecule has 0 aromatic carbocycles. The van der Waals surface area contributed by atoms with Crippen LogP contribution in [0.5, 0.6) is 0 Å². The molecule has 11 nitrogen and oxygen atoms in total. The van der Waals surface area contributed by atoms with Crippen molar-refractivity contribution in [2.24, 2.45) is 5.73 Å². The Morgan fingerprint density at radius 1 is 1.32 bits per heavy atom. The number of hydrogen-bond acceptors (Lipinski definition) is 9. The first-order valence-corrected chi connectivity index (χ1v) is 7.65. The number of imidazole rings is 1. The number of nitrogens with two attached hydrogens (primary N) is 2. The van der Waals surface area contributed by atoms with Gasteiger partial charge in [0.2, 0.25) is 11.7 Å². The van der Waals surface area contributed by atoms with E-state index in [9.17, 15) is 14.7 Å². The topological polar surface area (TPSA) is 182 Å². The third-order valence-electron chi connectivity index (χ3n) is 3.51. The lowest BCUT2D eigenvalue weighted by Gasteiger charge is -2.36. The van der Waals surface area contributed by atoms with E-state index < -0.39 is 22.9 Å². The molecule has 0 saturated heterocycles. The third-order valence-corrected chi connectivity index (χ3v) is 3.51. The average molecular weight is 354 g/mol. The first kappa shape index (κ1) is 18.8. The Morgan fingerprint density at radius 3 is 2.60 bits per heavy atom. The molecule has 0 aliphatic carbocycles. The van der Waals surface area contributed by atoms with Crippen molar-refractivity contribution in [1.82, 2.24) is 19.9 Å². The number of nitrogens with zero attached hydrogens (tertiary/aromatic N) is 2. The van der Waals surface area contributed by atoms with Crippen LogP contribution >= 0.6 is 0 Å². The molecule has 2 heterocycles. The van der Waals surface area contributed by atoms with Gasteiger partial charge in [0.1, 0.15) is 18.0 Å². The molecule has 0 saturated carbocycles. The molecule has 2 rings (SSSR count). The second-order valence-electron chi connectivity index (χ2n) is 6.05. The van der Waals surface area contributed by atoms with E-state index >= 15 is 0 Å². The van der Waals surface area contributed by atoms with Crippen LogP contribution in [0.15, 0.2) is 4.79 Å². The van der Waals surface area contributed by atoms with Crippen LogP contribution in [-0.4, -0.2) is 48.9 Å². The molecule has 0 aliphatic rings. The molecule has 25 heavy (non-hydrogen) atoms. The Balaban J connectivity index is 2.25. The van der Waals surface area contributed by atoms with Crippen LogP contribution in [0.3, 0.4) is 0 Å². The molecule has 0 unspecified atom stereocenters. The zero-order chi connectivity index (χ0) is 18.8. The van der Waals surface area contributed by atoms with Gasteiger partial charge in [0.05, 0.1) is 6.61 Å². The SMILES string of the molecule is CCCOC(=O)[C@@](N)(OCc1nc2nc(N)[nH]c(=O)c2[nH]1)C(C)(C)O. The standard InChI is InChI=1S/C14H22N6O5/c1-4-5-24-11(22)14(16,13(2,3)23)25-6-7-17-8-9(18-7)19-12(15)20-10(8)21/h23H,4-6,16H2,1-3H3,(H4,15,17,18,19,20,21)/t14-/m1/s1. The Hall–Kier alpha value is -2.50. The predicted octanol–water partition coefficient (Wildman–Crippen LogP) is -0.876. The number of esters is 1. The molecule has 0 radical (unpaired) electrons. The number of ether oxygens (including phenoxy) is 2. The van der Waals surface area contributed by atoms with Gasteiger partial charge in [0, 0.05) is 0 Å². The summed E-state index contributed by atoms with van der Waals surface area (Å²) in [4.78, 5) is 37.0. The molecule has 2 aromatic rings. The number of H-pyrrole nitrogens is 2. The Kier molecular flexibility index (Phi) is 5.11. The molecular weight excluding hydrogens is 332 g/mol. The number of rotatable bonds is 7. The second kappa shape index (κ2) is 6.78. The van der Waals surface area contributed by atoms with E-state index in [0.29, 0.717) is 6.42 Å². The average Bonchev–Trinajstić information content (AvgIpc) is 2.92. The number of hydrogen-bond donors (Lipinski definition) is 5. The van der Waals surface area contributed by atoms with Crippen molar-refractivity contribution in [2.75, 3.05) is 12.3 Å². The van der Waals surface area contributed by atoms with Gasteiger partial charge < -0.3 is 25.3 Å². The van der Waals surface area contributed by atoms with Gasteiger partial charge in [-0.25, -0.2) is 9.78 Å². The molecule has 0 aliphatic heterocycles. The maximum absolute atomic E-state index is 12.2. The summed E-state index contributed by atoms with van der Waals surface area (Å²) in [5, 5.41) is 10.2. The van der Waals surface area contributed by atoms with Crippen molar-refractivity contribution in [3.63, 3.8) is 0 Å². The maximum atomic E-state index is 12.2. The molecule has 0 fully saturated rings. The minimum absolute atomic E-state index is 0.0794. The van der Waals surface area contributed by atoms with E-state index in [1.807, 2.05) is 6.92 Å². The fourth-order valence-corrected chi connectivity index (χ4v) is 2.01. The Bertz CT molecular complexity index is 823. The van der Waals surface area contributed by atoms with Crippen LogP contribution in [0.2, 0.25) is 0 Å².